The number of likely N-dealkylation sites (N-methyl/N-ethyl adjacent to an activating group) is 1. The standard InChI is InChI=1S/C12H26N2O/c1-3-6-13-12-8-11(5-4-7-15)9-14(2)10-12/h11-13,15H,3-10H2,1-2H3. The predicted octanol–water partition coefficient (Wildman–Crippen LogP) is 1.08. The average molecular weight is 214 g/mol. The third-order valence-corrected chi connectivity index (χ3v) is 3.17. The Morgan fingerprint density at radius 3 is 2.87 bits per heavy atom. The van der Waals surface area contributed by atoms with Gasteiger partial charge in [-0.05, 0) is 45.2 Å². The fourth-order valence-corrected chi connectivity index (χ4v) is 2.53. The van der Waals surface area contributed by atoms with Gasteiger partial charge >= 0.3 is 0 Å². The molecule has 1 heterocycles. The fraction of sp³-hybridized carbons (Fsp3) is 1.00. The van der Waals surface area contributed by atoms with Crippen LogP contribution in [0.4, 0.5) is 0 Å². The Hall–Kier alpha value is -0.120. The number of rotatable bonds is 6. The molecule has 1 fully saturated rings. The summed E-state index contributed by atoms with van der Waals surface area (Å²) in [6, 6.07) is 0.660. The monoisotopic (exact) mass is 214 g/mol. The van der Waals surface area contributed by atoms with Crippen LogP contribution in [0.25, 0.3) is 0 Å². The van der Waals surface area contributed by atoms with E-state index in [9.17, 15) is 0 Å². The molecule has 0 aliphatic carbocycles. The zero-order valence-electron chi connectivity index (χ0n) is 10.2. The highest BCUT2D eigenvalue weighted by atomic mass is 16.2. The third kappa shape index (κ3) is 4.96. The number of nitrogens with zero attached hydrogens (tertiary/aromatic N) is 1. The summed E-state index contributed by atoms with van der Waals surface area (Å²) in [6.45, 7) is 6.06. The number of likely N-dealkylation sites (tertiary alicyclic amines) is 1. The largest absolute Gasteiger partial charge is 0.396 e. The number of hydrogen-bond acceptors (Lipinski definition) is 3. The van der Waals surface area contributed by atoms with Crippen LogP contribution in [-0.4, -0.2) is 49.3 Å². The van der Waals surface area contributed by atoms with Crippen molar-refractivity contribution in [3.8, 4) is 0 Å². The summed E-state index contributed by atoms with van der Waals surface area (Å²) in [5.74, 6) is 0.769. The maximum Gasteiger partial charge on any atom is 0.0431 e. The lowest BCUT2D eigenvalue weighted by molar-refractivity contribution is 0.154. The van der Waals surface area contributed by atoms with Crippen molar-refractivity contribution >= 4 is 0 Å². The van der Waals surface area contributed by atoms with Crippen LogP contribution in [0.1, 0.15) is 32.6 Å². The smallest absolute Gasteiger partial charge is 0.0431 e. The number of aliphatic hydroxyl groups excluding tert-OH is 1. The minimum Gasteiger partial charge on any atom is -0.396 e. The lowest BCUT2D eigenvalue weighted by Gasteiger charge is -2.36. The molecule has 0 aromatic heterocycles. The van der Waals surface area contributed by atoms with Crippen LogP contribution in [-0.2, 0) is 0 Å². The van der Waals surface area contributed by atoms with Crippen LogP contribution in [0.2, 0.25) is 0 Å². The number of piperidine rings is 1. The Bertz CT molecular complexity index is 148. The van der Waals surface area contributed by atoms with E-state index >= 15 is 0 Å². The van der Waals surface area contributed by atoms with Gasteiger partial charge in [0.15, 0.2) is 0 Å². The Morgan fingerprint density at radius 2 is 2.20 bits per heavy atom. The minimum absolute atomic E-state index is 0.341. The Kier molecular flexibility index (Phi) is 6.22. The molecule has 0 aromatic rings. The fourth-order valence-electron chi connectivity index (χ4n) is 2.53. The molecule has 0 aromatic carbocycles. The SMILES string of the molecule is CCCNC1CC(CCCO)CN(C)C1. The summed E-state index contributed by atoms with van der Waals surface area (Å²) in [5.41, 5.74) is 0. The Morgan fingerprint density at radius 1 is 1.40 bits per heavy atom. The van der Waals surface area contributed by atoms with Crippen molar-refractivity contribution < 1.29 is 5.11 Å². The van der Waals surface area contributed by atoms with Gasteiger partial charge in [0.25, 0.3) is 0 Å². The second kappa shape index (κ2) is 7.20. The van der Waals surface area contributed by atoms with Gasteiger partial charge in [-0.1, -0.05) is 6.92 Å². The molecular weight excluding hydrogens is 188 g/mol. The highest BCUT2D eigenvalue weighted by Gasteiger charge is 2.24. The normalized spacial score (nSPS) is 28.2. The van der Waals surface area contributed by atoms with E-state index < -0.39 is 0 Å². The zero-order chi connectivity index (χ0) is 11.1. The molecule has 1 rings (SSSR count). The van der Waals surface area contributed by atoms with Crippen molar-refractivity contribution in [2.75, 3.05) is 33.3 Å². The first-order valence-electron chi connectivity index (χ1n) is 6.29. The van der Waals surface area contributed by atoms with Crippen molar-refractivity contribution in [2.45, 2.75) is 38.6 Å². The van der Waals surface area contributed by atoms with Crippen LogP contribution in [0.3, 0.4) is 0 Å². The maximum atomic E-state index is 8.84. The van der Waals surface area contributed by atoms with E-state index in [1.165, 1.54) is 32.4 Å². The summed E-state index contributed by atoms with van der Waals surface area (Å²) in [6.07, 6.45) is 4.62. The molecule has 90 valence electrons. The summed E-state index contributed by atoms with van der Waals surface area (Å²) >= 11 is 0. The number of nitrogens with one attached hydrogen (secondary N) is 1. The van der Waals surface area contributed by atoms with E-state index in [0.717, 1.165) is 18.9 Å². The molecule has 1 aliphatic rings. The van der Waals surface area contributed by atoms with Crippen LogP contribution in [0, 0.1) is 5.92 Å². The van der Waals surface area contributed by atoms with Gasteiger partial charge in [0.1, 0.15) is 0 Å². The predicted molar refractivity (Wildman–Crippen MR) is 64.0 cm³/mol. The van der Waals surface area contributed by atoms with E-state index in [0.29, 0.717) is 12.6 Å². The summed E-state index contributed by atoms with van der Waals surface area (Å²) in [4.78, 5) is 2.42. The van der Waals surface area contributed by atoms with Crippen LogP contribution in [0.5, 0.6) is 0 Å². The van der Waals surface area contributed by atoms with Gasteiger partial charge in [0, 0.05) is 25.7 Å². The van der Waals surface area contributed by atoms with E-state index in [1.807, 2.05) is 0 Å². The lowest BCUT2D eigenvalue weighted by atomic mass is 9.90. The maximum absolute atomic E-state index is 8.84. The molecule has 0 saturated carbocycles. The van der Waals surface area contributed by atoms with E-state index in [-0.39, 0.29) is 0 Å². The first kappa shape index (κ1) is 12.9. The third-order valence-electron chi connectivity index (χ3n) is 3.17. The quantitative estimate of drug-likeness (QED) is 0.694. The Balaban J connectivity index is 2.27. The molecule has 0 bridgehead atoms. The molecule has 2 N–H and O–H groups in total. The summed E-state index contributed by atoms with van der Waals surface area (Å²) in [7, 11) is 2.20. The highest BCUT2D eigenvalue weighted by molar-refractivity contribution is 4.81. The average Bonchev–Trinajstić information content (AvgIpc) is 2.23. The molecule has 2 atom stereocenters. The molecule has 2 unspecified atom stereocenters. The van der Waals surface area contributed by atoms with Crippen molar-refractivity contribution in [1.82, 2.24) is 10.2 Å². The van der Waals surface area contributed by atoms with Crippen LogP contribution >= 0.6 is 0 Å². The molecule has 0 amide bonds. The van der Waals surface area contributed by atoms with Gasteiger partial charge in [0.05, 0.1) is 0 Å². The molecule has 0 radical (unpaired) electrons. The summed E-state index contributed by atoms with van der Waals surface area (Å²) in [5, 5.41) is 12.4. The van der Waals surface area contributed by atoms with Crippen LogP contribution < -0.4 is 5.32 Å². The second-order valence-electron chi connectivity index (χ2n) is 4.84. The molecule has 1 aliphatic heterocycles. The van der Waals surface area contributed by atoms with Crippen molar-refractivity contribution in [3.63, 3.8) is 0 Å². The van der Waals surface area contributed by atoms with Crippen molar-refractivity contribution in [1.29, 1.82) is 0 Å². The van der Waals surface area contributed by atoms with Crippen molar-refractivity contribution in [2.24, 2.45) is 5.92 Å². The molecule has 15 heavy (non-hydrogen) atoms. The second-order valence-corrected chi connectivity index (χ2v) is 4.84. The van der Waals surface area contributed by atoms with E-state index in [2.05, 4.69) is 24.2 Å². The summed E-state index contributed by atoms with van der Waals surface area (Å²) < 4.78 is 0. The first-order chi connectivity index (χ1) is 7.26. The van der Waals surface area contributed by atoms with Crippen molar-refractivity contribution in [3.05, 3.63) is 0 Å². The minimum atomic E-state index is 0.341. The number of hydrogen-bond donors (Lipinski definition) is 2. The van der Waals surface area contributed by atoms with Gasteiger partial charge in [-0.3, -0.25) is 0 Å². The topological polar surface area (TPSA) is 35.5 Å². The van der Waals surface area contributed by atoms with Gasteiger partial charge in [-0.15, -0.1) is 0 Å². The molecular formula is C12H26N2O. The van der Waals surface area contributed by atoms with Gasteiger partial charge < -0.3 is 15.3 Å². The van der Waals surface area contributed by atoms with Gasteiger partial charge in [-0.25, -0.2) is 0 Å². The molecule has 0 spiro atoms. The van der Waals surface area contributed by atoms with Gasteiger partial charge in [-0.2, -0.15) is 0 Å². The van der Waals surface area contributed by atoms with Gasteiger partial charge in [0.2, 0.25) is 0 Å². The molecule has 3 nitrogen and oxygen atoms in total. The van der Waals surface area contributed by atoms with Crippen LogP contribution in [0.15, 0.2) is 0 Å². The highest BCUT2D eigenvalue weighted by Crippen LogP contribution is 2.20. The van der Waals surface area contributed by atoms with E-state index in [1.54, 1.807) is 0 Å². The zero-order valence-corrected chi connectivity index (χ0v) is 10.2. The molecule has 1 saturated heterocycles. The number of aliphatic hydroxyl groups is 1. The van der Waals surface area contributed by atoms with E-state index in [4.69, 9.17) is 5.11 Å². The first-order valence-corrected chi connectivity index (χ1v) is 6.29. The molecule has 3 heteroatoms. The lowest BCUT2D eigenvalue weighted by Crippen LogP contribution is -2.47. The Labute approximate surface area is 93.9 Å².